The molecule has 0 saturated carbocycles. The summed E-state index contributed by atoms with van der Waals surface area (Å²) in [6, 6.07) is 6.84. The summed E-state index contributed by atoms with van der Waals surface area (Å²) in [6.45, 7) is 1.39. The van der Waals surface area contributed by atoms with Crippen LogP contribution in [0.5, 0.6) is 0 Å². The van der Waals surface area contributed by atoms with Crippen molar-refractivity contribution in [2.24, 2.45) is 0 Å². The number of carbonyl (C=O) groups excluding carboxylic acids is 1. The highest BCUT2D eigenvalue weighted by Gasteiger charge is 2.27. The van der Waals surface area contributed by atoms with Crippen molar-refractivity contribution >= 4 is 46.4 Å². The summed E-state index contributed by atoms with van der Waals surface area (Å²) in [7, 11) is 0. The Morgan fingerprint density at radius 1 is 1.36 bits per heavy atom. The number of carbonyl (C=O) groups is 1. The summed E-state index contributed by atoms with van der Waals surface area (Å²) in [6.07, 6.45) is 0. The number of rotatable bonds is 2. The Kier molecular flexibility index (Phi) is 3.65. The Bertz CT molecular complexity index is 346. The third-order valence-electron chi connectivity index (χ3n) is 1.52. The molecule has 1 amide bonds. The second-order valence-electron chi connectivity index (χ2n) is 2.82. The molecular formula is C9H8Cl3NO. The Morgan fingerprint density at radius 2 is 1.93 bits per heavy atom. The highest BCUT2D eigenvalue weighted by atomic mass is 35.5. The van der Waals surface area contributed by atoms with Gasteiger partial charge in [0.2, 0.25) is 0 Å². The number of hydrogen-bond donors (Lipinski definition) is 1. The molecule has 0 aliphatic carbocycles. The number of nitrogens with one attached hydrogen (secondary N) is 1. The minimum Gasteiger partial charge on any atom is -0.322 e. The molecule has 0 heterocycles. The zero-order valence-corrected chi connectivity index (χ0v) is 9.62. The van der Waals surface area contributed by atoms with E-state index in [1.165, 1.54) is 6.92 Å². The van der Waals surface area contributed by atoms with Gasteiger partial charge >= 0.3 is 0 Å². The molecule has 0 spiro atoms. The van der Waals surface area contributed by atoms with Crippen molar-refractivity contribution in [2.45, 2.75) is 11.3 Å². The van der Waals surface area contributed by atoms with Crippen LogP contribution in [0.1, 0.15) is 6.92 Å². The summed E-state index contributed by atoms with van der Waals surface area (Å²) in [5, 5.41) is 2.96. The molecule has 14 heavy (non-hydrogen) atoms. The first-order valence-corrected chi connectivity index (χ1v) is 4.98. The monoisotopic (exact) mass is 251 g/mol. The van der Waals surface area contributed by atoms with Crippen molar-refractivity contribution in [1.82, 2.24) is 0 Å². The Balaban J connectivity index is 2.80. The number of benzene rings is 1. The number of alkyl halides is 2. The first kappa shape index (κ1) is 11.6. The normalized spacial score (nSPS) is 11.1. The minimum absolute atomic E-state index is 0.443. The molecule has 0 atom stereocenters. The fraction of sp³-hybridized carbons (Fsp3) is 0.222. The predicted molar refractivity (Wildman–Crippen MR) is 60.2 cm³/mol. The van der Waals surface area contributed by atoms with Gasteiger partial charge < -0.3 is 5.32 Å². The van der Waals surface area contributed by atoms with Crippen molar-refractivity contribution in [1.29, 1.82) is 0 Å². The van der Waals surface area contributed by atoms with Gasteiger partial charge in [0.15, 0.2) is 4.33 Å². The molecular weight excluding hydrogens is 244 g/mol. The van der Waals surface area contributed by atoms with Crippen LogP contribution in [0.25, 0.3) is 0 Å². The number of halogens is 3. The topological polar surface area (TPSA) is 29.1 Å². The van der Waals surface area contributed by atoms with E-state index in [4.69, 9.17) is 34.8 Å². The van der Waals surface area contributed by atoms with Crippen LogP contribution in [-0.4, -0.2) is 10.2 Å². The Hall–Kier alpha value is -0.440. The van der Waals surface area contributed by atoms with Crippen molar-refractivity contribution < 1.29 is 4.79 Å². The van der Waals surface area contributed by atoms with Gasteiger partial charge in [0.25, 0.3) is 5.91 Å². The molecule has 5 heteroatoms. The van der Waals surface area contributed by atoms with Gasteiger partial charge in [-0.05, 0) is 19.1 Å². The average molecular weight is 253 g/mol. The third kappa shape index (κ3) is 3.05. The molecule has 1 aromatic carbocycles. The lowest BCUT2D eigenvalue weighted by Gasteiger charge is -2.13. The van der Waals surface area contributed by atoms with Crippen LogP contribution >= 0.6 is 34.8 Å². The van der Waals surface area contributed by atoms with Crippen LogP contribution in [-0.2, 0) is 4.79 Å². The quantitative estimate of drug-likeness (QED) is 0.802. The van der Waals surface area contributed by atoms with Crippen LogP contribution < -0.4 is 5.32 Å². The summed E-state index contributed by atoms with van der Waals surface area (Å²) < 4.78 is -1.46. The molecule has 0 unspecified atom stereocenters. The molecule has 0 fully saturated rings. The van der Waals surface area contributed by atoms with E-state index in [1.807, 2.05) is 0 Å². The first-order chi connectivity index (χ1) is 6.41. The molecule has 1 rings (SSSR count). The molecule has 0 saturated heterocycles. The number of para-hydroxylation sites is 1. The lowest BCUT2D eigenvalue weighted by molar-refractivity contribution is -0.116. The smallest absolute Gasteiger partial charge is 0.260 e. The van der Waals surface area contributed by atoms with E-state index >= 15 is 0 Å². The molecule has 0 aliphatic rings. The predicted octanol–water partition coefficient (Wildman–Crippen LogP) is 3.47. The van der Waals surface area contributed by atoms with Crippen LogP contribution in [0.15, 0.2) is 24.3 Å². The molecule has 76 valence electrons. The van der Waals surface area contributed by atoms with Crippen LogP contribution in [0.3, 0.4) is 0 Å². The van der Waals surface area contributed by atoms with E-state index < -0.39 is 10.2 Å². The van der Waals surface area contributed by atoms with Gasteiger partial charge in [-0.1, -0.05) is 46.9 Å². The molecule has 0 aromatic heterocycles. The SMILES string of the molecule is CC(Cl)(Cl)C(=O)Nc1ccccc1Cl. The van der Waals surface area contributed by atoms with Crippen LogP contribution in [0, 0.1) is 0 Å². The highest BCUT2D eigenvalue weighted by molar-refractivity contribution is 6.58. The van der Waals surface area contributed by atoms with E-state index in [-0.39, 0.29) is 0 Å². The molecule has 1 aromatic rings. The largest absolute Gasteiger partial charge is 0.322 e. The maximum atomic E-state index is 11.4. The standard InChI is InChI=1S/C9H8Cl3NO/c1-9(11,12)8(14)13-7-5-3-2-4-6(7)10/h2-5H,1H3,(H,13,14). The Labute approximate surface area is 97.1 Å². The molecule has 1 N–H and O–H groups in total. The van der Waals surface area contributed by atoms with Gasteiger partial charge in [0, 0.05) is 0 Å². The van der Waals surface area contributed by atoms with E-state index in [2.05, 4.69) is 5.32 Å². The van der Waals surface area contributed by atoms with Crippen molar-refractivity contribution in [3.05, 3.63) is 29.3 Å². The summed E-state index contributed by atoms with van der Waals surface area (Å²) in [4.78, 5) is 11.4. The third-order valence-corrected chi connectivity index (χ3v) is 2.19. The summed E-state index contributed by atoms with van der Waals surface area (Å²) in [5.41, 5.74) is 0.492. The first-order valence-electron chi connectivity index (χ1n) is 3.85. The second kappa shape index (κ2) is 4.39. The lowest BCUT2D eigenvalue weighted by Crippen LogP contribution is -2.29. The van der Waals surface area contributed by atoms with E-state index in [0.717, 1.165) is 0 Å². The lowest BCUT2D eigenvalue weighted by atomic mass is 10.3. The average Bonchev–Trinajstić information content (AvgIpc) is 2.07. The zero-order chi connectivity index (χ0) is 10.8. The van der Waals surface area contributed by atoms with E-state index in [9.17, 15) is 4.79 Å². The minimum atomic E-state index is -1.46. The van der Waals surface area contributed by atoms with Gasteiger partial charge in [0.1, 0.15) is 0 Å². The highest BCUT2D eigenvalue weighted by Crippen LogP contribution is 2.25. The summed E-state index contributed by atoms with van der Waals surface area (Å²) >= 11 is 17.0. The molecule has 0 bridgehead atoms. The fourth-order valence-corrected chi connectivity index (χ4v) is 1.07. The maximum absolute atomic E-state index is 11.4. The molecule has 0 aliphatic heterocycles. The number of anilines is 1. The van der Waals surface area contributed by atoms with Gasteiger partial charge in [-0.15, -0.1) is 0 Å². The van der Waals surface area contributed by atoms with Gasteiger partial charge in [0.05, 0.1) is 10.7 Å². The van der Waals surface area contributed by atoms with Gasteiger partial charge in [-0.3, -0.25) is 4.79 Å². The van der Waals surface area contributed by atoms with E-state index in [1.54, 1.807) is 24.3 Å². The van der Waals surface area contributed by atoms with Crippen LogP contribution in [0.4, 0.5) is 5.69 Å². The Morgan fingerprint density at radius 3 is 2.43 bits per heavy atom. The van der Waals surface area contributed by atoms with E-state index in [0.29, 0.717) is 10.7 Å². The van der Waals surface area contributed by atoms with Gasteiger partial charge in [-0.25, -0.2) is 0 Å². The number of hydrogen-bond acceptors (Lipinski definition) is 1. The second-order valence-corrected chi connectivity index (χ2v) is 4.93. The summed E-state index contributed by atoms with van der Waals surface area (Å²) in [5.74, 6) is -0.506. The zero-order valence-electron chi connectivity index (χ0n) is 7.35. The van der Waals surface area contributed by atoms with Crippen molar-refractivity contribution in [2.75, 3.05) is 5.32 Å². The fourth-order valence-electron chi connectivity index (χ4n) is 0.795. The van der Waals surface area contributed by atoms with Crippen molar-refractivity contribution in [3.8, 4) is 0 Å². The van der Waals surface area contributed by atoms with Crippen LogP contribution in [0.2, 0.25) is 5.02 Å². The molecule has 2 nitrogen and oxygen atoms in total. The molecule has 0 radical (unpaired) electrons. The van der Waals surface area contributed by atoms with Gasteiger partial charge in [-0.2, -0.15) is 0 Å². The maximum Gasteiger partial charge on any atom is 0.260 e. The van der Waals surface area contributed by atoms with Crippen molar-refractivity contribution in [3.63, 3.8) is 0 Å². The number of amides is 1.